The Morgan fingerprint density at radius 3 is 2.31 bits per heavy atom. The zero-order chi connectivity index (χ0) is 19.6. The van der Waals surface area contributed by atoms with Gasteiger partial charge in [0.15, 0.2) is 6.54 Å². The van der Waals surface area contributed by atoms with Gasteiger partial charge < -0.3 is 24.8 Å². The van der Waals surface area contributed by atoms with Crippen LogP contribution in [0.5, 0.6) is 0 Å². The van der Waals surface area contributed by atoms with E-state index in [-0.39, 0.29) is 33.0 Å². The fourth-order valence-electron chi connectivity index (χ4n) is 3.60. The minimum Gasteiger partial charge on any atom is -0.481 e. The van der Waals surface area contributed by atoms with Crippen LogP contribution < -0.4 is 5.32 Å². The molecule has 0 radical (unpaired) electrons. The average Bonchev–Trinajstić information content (AvgIpc) is 3.18. The highest BCUT2D eigenvalue weighted by molar-refractivity contribution is 5.91. The second kappa shape index (κ2) is 7.17. The minimum atomic E-state index is -2.04. The van der Waals surface area contributed by atoms with Crippen molar-refractivity contribution in [1.82, 2.24) is 5.32 Å². The van der Waals surface area contributed by atoms with Crippen LogP contribution in [0.4, 0.5) is 0 Å². The van der Waals surface area contributed by atoms with E-state index in [1.165, 1.54) is 0 Å². The first-order valence-electron chi connectivity index (χ1n) is 7.67. The predicted molar refractivity (Wildman–Crippen MR) is 80.6 cm³/mol. The van der Waals surface area contributed by atoms with Crippen molar-refractivity contribution in [3.8, 4) is 0 Å². The first kappa shape index (κ1) is 20.1. The SMILES string of the molecule is C=C(OO)[N+]1(CC(=O)O)CCOCCOCC12NC2(CC(=O)O)C(=O)O. The molecule has 2 heterocycles. The Morgan fingerprint density at radius 1 is 1.12 bits per heavy atom. The molecule has 0 bridgehead atoms. The first-order valence-corrected chi connectivity index (χ1v) is 7.67. The van der Waals surface area contributed by atoms with Gasteiger partial charge in [-0.15, -0.1) is 0 Å². The molecule has 12 nitrogen and oxygen atoms in total. The van der Waals surface area contributed by atoms with E-state index in [1.807, 2.05) is 0 Å². The van der Waals surface area contributed by atoms with Gasteiger partial charge in [-0.1, -0.05) is 0 Å². The van der Waals surface area contributed by atoms with Crippen molar-refractivity contribution in [3.05, 3.63) is 12.5 Å². The Kier molecular flexibility index (Phi) is 5.53. The zero-order valence-electron chi connectivity index (χ0n) is 13.8. The summed E-state index contributed by atoms with van der Waals surface area (Å²) < 4.78 is 9.91. The molecule has 0 aliphatic carbocycles. The Hall–Kier alpha value is -2.25. The van der Waals surface area contributed by atoms with E-state index in [4.69, 9.17) is 14.7 Å². The molecule has 3 atom stereocenters. The van der Waals surface area contributed by atoms with Gasteiger partial charge in [0, 0.05) is 6.58 Å². The molecule has 2 saturated heterocycles. The molecule has 2 rings (SSSR count). The van der Waals surface area contributed by atoms with Crippen LogP contribution in [0.3, 0.4) is 0 Å². The number of carboxylic acids is 3. The third-order valence-electron chi connectivity index (χ3n) is 4.86. The average molecular weight is 377 g/mol. The van der Waals surface area contributed by atoms with Crippen LogP contribution in [0, 0.1) is 0 Å². The summed E-state index contributed by atoms with van der Waals surface area (Å²) in [5.74, 6) is -4.72. The lowest BCUT2D eigenvalue weighted by Crippen LogP contribution is -2.66. The molecule has 0 saturated carbocycles. The van der Waals surface area contributed by atoms with Crippen molar-refractivity contribution in [2.24, 2.45) is 0 Å². The van der Waals surface area contributed by atoms with Crippen molar-refractivity contribution in [1.29, 1.82) is 0 Å². The highest BCUT2D eigenvalue weighted by Gasteiger charge is 2.85. The molecule has 12 heteroatoms. The highest BCUT2D eigenvalue weighted by Crippen LogP contribution is 2.51. The third kappa shape index (κ3) is 3.01. The fourth-order valence-corrected chi connectivity index (χ4v) is 3.60. The van der Waals surface area contributed by atoms with Crippen LogP contribution in [0.15, 0.2) is 12.5 Å². The molecule has 5 N–H and O–H groups in total. The van der Waals surface area contributed by atoms with Crippen molar-refractivity contribution in [2.75, 3.05) is 39.5 Å². The smallest absolute Gasteiger partial charge is 0.359 e. The van der Waals surface area contributed by atoms with Gasteiger partial charge in [-0.05, 0) is 0 Å². The van der Waals surface area contributed by atoms with E-state index in [9.17, 15) is 29.7 Å². The summed E-state index contributed by atoms with van der Waals surface area (Å²) in [5.41, 5.74) is -3.77. The summed E-state index contributed by atoms with van der Waals surface area (Å²) in [6.07, 6.45) is -0.842. The number of rotatable bonds is 7. The molecule has 0 amide bonds. The number of hydrogen-bond donors (Lipinski definition) is 5. The topological polar surface area (TPSA) is 182 Å². The molecule has 1 spiro atoms. The van der Waals surface area contributed by atoms with E-state index in [0.717, 1.165) is 0 Å². The molecule has 2 aliphatic heterocycles. The monoisotopic (exact) mass is 377 g/mol. The van der Waals surface area contributed by atoms with Gasteiger partial charge in [0.05, 0.1) is 26.2 Å². The number of hydrogen-bond acceptors (Lipinski definition) is 8. The minimum absolute atomic E-state index is 0.0226. The van der Waals surface area contributed by atoms with E-state index < -0.39 is 52.4 Å². The quantitative estimate of drug-likeness (QED) is 0.114. The number of aliphatic carboxylic acids is 3. The first-order chi connectivity index (χ1) is 12.2. The van der Waals surface area contributed by atoms with Crippen molar-refractivity contribution in [3.63, 3.8) is 0 Å². The van der Waals surface area contributed by atoms with Crippen molar-refractivity contribution >= 4 is 17.9 Å². The zero-order valence-corrected chi connectivity index (χ0v) is 13.8. The second-order valence-electron chi connectivity index (χ2n) is 6.16. The summed E-state index contributed by atoms with van der Waals surface area (Å²) in [6, 6.07) is 0. The van der Waals surface area contributed by atoms with Crippen LogP contribution in [0.1, 0.15) is 6.42 Å². The third-order valence-corrected chi connectivity index (χ3v) is 4.86. The lowest BCUT2D eigenvalue weighted by atomic mass is 9.92. The molecule has 0 aromatic rings. The van der Waals surface area contributed by atoms with Crippen LogP contribution in [0.2, 0.25) is 0 Å². The standard InChI is InChI=1S/C14H20N2O10/c1-9(26-23)16(7-11(19)20)2-3-24-4-5-25-8-14(16)13(15-14,12(21)22)6-10(17)18/h15H,1-8H2,(H3-,17,18,19,20,21,22,23)/p+1. The molecule has 26 heavy (non-hydrogen) atoms. The number of ether oxygens (including phenoxy) is 2. The maximum Gasteiger partial charge on any atom is 0.359 e. The maximum absolute atomic E-state index is 12.0. The maximum atomic E-state index is 12.0. The Morgan fingerprint density at radius 2 is 1.77 bits per heavy atom. The molecule has 146 valence electrons. The van der Waals surface area contributed by atoms with Crippen LogP contribution >= 0.6 is 0 Å². The summed E-state index contributed by atoms with van der Waals surface area (Å²) in [7, 11) is 0. The van der Waals surface area contributed by atoms with E-state index in [1.54, 1.807) is 0 Å². The Bertz CT molecular complexity index is 625. The number of quaternary nitrogens is 1. The van der Waals surface area contributed by atoms with Crippen molar-refractivity contribution in [2.45, 2.75) is 17.6 Å². The fraction of sp³-hybridized carbons (Fsp3) is 0.643. The van der Waals surface area contributed by atoms with Gasteiger partial charge in [0.2, 0.25) is 11.2 Å². The van der Waals surface area contributed by atoms with Gasteiger partial charge in [0.1, 0.15) is 13.2 Å². The summed E-state index contributed by atoms with van der Waals surface area (Å²) in [6.45, 7) is 2.51. The molecule has 0 aromatic carbocycles. The van der Waals surface area contributed by atoms with Gasteiger partial charge >= 0.3 is 23.8 Å². The number of nitrogens with one attached hydrogen (secondary N) is 1. The summed E-state index contributed by atoms with van der Waals surface area (Å²) in [4.78, 5) is 39.0. The number of nitrogens with zero attached hydrogens (tertiary/aromatic N) is 1. The Labute approximate surface area is 147 Å². The second-order valence-corrected chi connectivity index (χ2v) is 6.16. The normalized spacial score (nSPS) is 34.2. The van der Waals surface area contributed by atoms with Crippen LogP contribution in [0.25, 0.3) is 0 Å². The lowest BCUT2D eigenvalue weighted by molar-refractivity contribution is -0.942. The summed E-state index contributed by atoms with van der Waals surface area (Å²) >= 11 is 0. The van der Waals surface area contributed by atoms with Crippen molar-refractivity contribution < 1.29 is 53.8 Å². The molecule has 2 fully saturated rings. The lowest BCUT2D eigenvalue weighted by Gasteiger charge is -2.42. The van der Waals surface area contributed by atoms with Gasteiger partial charge in [-0.3, -0.25) is 9.68 Å². The van der Waals surface area contributed by atoms with E-state index in [2.05, 4.69) is 16.8 Å². The number of carbonyl (C=O) groups is 3. The molecule has 0 aromatic heterocycles. The predicted octanol–water partition coefficient (Wildman–Crippen LogP) is -1.51. The van der Waals surface area contributed by atoms with E-state index >= 15 is 0 Å². The molecular weight excluding hydrogens is 356 g/mol. The van der Waals surface area contributed by atoms with E-state index in [0.29, 0.717) is 0 Å². The summed E-state index contributed by atoms with van der Waals surface area (Å²) in [5, 5.41) is 40.1. The largest absolute Gasteiger partial charge is 0.481 e. The van der Waals surface area contributed by atoms with Gasteiger partial charge in [-0.25, -0.2) is 19.4 Å². The Balaban J connectivity index is 2.64. The molecular formula is C14H21N2O10+. The van der Waals surface area contributed by atoms with Crippen LogP contribution in [-0.2, 0) is 28.7 Å². The van der Waals surface area contributed by atoms with Gasteiger partial charge in [0.25, 0.3) is 0 Å². The molecule has 2 aliphatic rings. The van der Waals surface area contributed by atoms with Crippen LogP contribution in [-0.4, -0.2) is 93.7 Å². The molecule has 3 unspecified atom stereocenters. The van der Waals surface area contributed by atoms with Gasteiger partial charge in [-0.2, -0.15) is 5.26 Å². The number of carboxylic acid groups (broad SMARTS) is 3. The highest BCUT2D eigenvalue weighted by atomic mass is 17.1.